The van der Waals surface area contributed by atoms with Crippen LogP contribution in [0.25, 0.3) is 0 Å². The summed E-state index contributed by atoms with van der Waals surface area (Å²) in [5.74, 6) is -0.945. The van der Waals surface area contributed by atoms with Gasteiger partial charge in [0, 0.05) is 26.4 Å². The average Bonchev–Trinajstić information content (AvgIpc) is 2.42. The fourth-order valence-electron chi connectivity index (χ4n) is 0.815. The summed E-state index contributed by atoms with van der Waals surface area (Å²) in [6, 6.07) is 0. The Balaban J connectivity index is -0.000000151. The lowest BCUT2D eigenvalue weighted by molar-refractivity contribution is -0.143. The molecule has 128 valence electrons. The van der Waals surface area contributed by atoms with Crippen LogP contribution in [0.2, 0.25) is 0 Å². The minimum Gasteiger partial charge on any atom is -0.481 e. The Labute approximate surface area is 130 Å². The number of rotatable bonds is 7. The van der Waals surface area contributed by atoms with Gasteiger partial charge in [0.2, 0.25) is 0 Å². The standard InChI is InChI=1S/C10H19NO2.C2H4O2.2C2H6/c1-4-5-10(12)13-7-6-11-8-9(2)3;1-2(3)4;2*1-2/h11H,2,4-8H2,1,3H3;1H3,(H,3,4);2*1-2H3. The van der Waals surface area contributed by atoms with Crippen molar-refractivity contribution in [1.82, 2.24) is 5.32 Å². The van der Waals surface area contributed by atoms with Crippen LogP contribution in [0.4, 0.5) is 0 Å². The number of nitrogens with one attached hydrogen (secondary N) is 1. The van der Waals surface area contributed by atoms with E-state index in [1.165, 1.54) is 0 Å². The lowest BCUT2D eigenvalue weighted by Gasteiger charge is -2.05. The number of carbonyl (C=O) groups excluding carboxylic acids is 1. The maximum atomic E-state index is 10.9. The molecule has 0 aromatic rings. The topological polar surface area (TPSA) is 75.6 Å². The molecule has 0 radical (unpaired) electrons. The van der Waals surface area contributed by atoms with E-state index in [-0.39, 0.29) is 5.97 Å². The smallest absolute Gasteiger partial charge is 0.305 e. The van der Waals surface area contributed by atoms with Gasteiger partial charge in [-0.05, 0) is 13.3 Å². The Kier molecular flexibility index (Phi) is 36.0. The average molecular weight is 305 g/mol. The Morgan fingerprint density at radius 3 is 1.90 bits per heavy atom. The number of carbonyl (C=O) groups is 2. The quantitative estimate of drug-likeness (QED) is 0.426. The van der Waals surface area contributed by atoms with Crippen molar-refractivity contribution in [3.63, 3.8) is 0 Å². The SMILES string of the molecule is C=C(C)CNCCOC(=O)CCC.CC.CC.CC(=O)O. The van der Waals surface area contributed by atoms with E-state index in [9.17, 15) is 4.79 Å². The van der Waals surface area contributed by atoms with Crippen LogP contribution in [0.15, 0.2) is 12.2 Å². The van der Waals surface area contributed by atoms with E-state index in [1.54, 1.807) is 0 Å². The monoisotopic (exact) mass is 305 g/mol. The molecule has 5 heteroatoms. The second kappa shape index (κ2) is 27.1. The van der Waals surface area contributed by atoms with E-state index in [0.29, 0.717) is 19.6 Å². The van der Waals surface area contributed by atoms with Crippen molar-refractivity contribution in [3.8, 4) is 0 Å². The number of hydrogen-bond acceptors (Lipinski definition) is 4. The van der Waals surface area contributed by atoms with Gasteiger partial charge < -0.3 is 15.2 Å². The highest BCUT2D eigenvalue weighted by Gasteiger charge is 1.98. The first-order chi connectivity index (χ1) is 9.90. The van der Waals surface area contributed by atoms with Gasteiger partial charge >= 0.3 is 5.97 Å². The third kappa shape index (κ3) is 55.5. The van der Waals surface area contributed by atoms with E-state index in [2.05, 4.69) is 11.9 Å². The predicted octanol–water partition coefficient (Wildman–Crippen LogP) is 3.64. The van der Waals surface area contributed by atoms with E-state index in [4.69, 9.17) is 14.6 Å². The van der Waals surface area contributed by atoms with Gasteiger partial charge in [0.05, 0.1) is 0 Å². The van der Waals surface area contributed by atoms with E-state index in [0.717, 1.165) is 25.5 Å². The molecular formula is C16H35NO4. The first kappa shape index (κ1) is 27.9. The lowest BCUT2D eigenvalue weighted by Crippen LogP contribution is -2.22. The summed E-state index contributed by atoms with van der Waals surface area (Å²) >= 11 is 0. The fraction of sp³-hybridized carbons (Fsp3) is 0.750. The molecule has 0 saturated carbocycles. The Hall–Kier alpha value is -1.36. The van der Waals surface area contributed by atoms with Gasteiger partial charge in [0.15, 0.2) is 0 Å². The summed E-state index contributed by atoms with van der Waals surface area (Å²) in [5.41, 5.74) is 1.08. The van der Waals surface area contributed by atoms with Crippen molar-refractivity contribution in [3.05, 3.63) is 12.2 Å². The third-order valence-corrected chi connectivity index (χ3v) is 1.42. The van der Waals surface area contributed by atoms with Gasteiger partial charge in [-0.1, -0.05) is 46.8 Å². The molecule has 0 saturated heterocycles. The van der Waals surface area contributed by atoms with Crippen LogP contribution in [-0.2, 0) is 14.3 Å². The molecule has 0 rings (SSSR count). The van der Waals surface area contributed by atoms with Crippen LogP contribution in [-0.4, -0.2) is 36.7 Å². The predicted molar refractivity (Wildman–Crippen MR) is 89.6 cm³/mol. The molecule has 0 unspecified atom stereocenters. The summed E-state index contributed by atoms with van der Waals surface area (Å²) in [4.78, 5) is 19.9. The zero-order chi connectivity index (χ0) is 17.7. The molecule has 0 spiro atoms. The molecular weight excluding hydrogens is 270 g/mol. The third-order valence-electron chi connectivity index (χ3n) is 1.42. The number of carboxylic acids is 1. The number of carboxylic acid groups (broad SMARTS) is 1. The second-order valence-corrected chi connectivity index (χ2v) is 3.62. The molecule has 5 nitrogen and oxygen atoms in total. The second-order valence-electron chi connectivity index (χ2n) is 3.62. The summed E-state index contributed by atoms with van der Waals surface area (Å²) < 4.78 is 4.93. The molecule has 21 heavy (non-hydrogen) atoms. The number of esters is 1. The van der Waals surface area contributed by atoms with Gasteiger partial charge in [-0.3, -0.25) is 9.59 Å². The summed E-state index contributed by atoms with van der Waals surface area (Å²) in [6.07, 6.45) is 1.36. The maximum absolute atomic E-state index is 10.9. The number of aliphatic carboxylic acids is 1. The van der Waals surface area contributed by atoms with Crippen LogP contribution in [0.1, 0.15) is 61.3 Å². The summed E-state index contributed by atoms with van der Waals surface area (Å²) in [6.45, 7) is 18.7. The van der Waals surface area contributed by atoms with E-state index < -0.39 is 5.97 Å². The number of ether oxygens (including phenoxy) is 1. The van der Waals surface area contributed by atoms with Crippen LogP contribution in [0, 0.1) is 0 Å². The molecule has 0 atom stereocenters. The molecule has 0 amide bonds. The lowest BCUT2D eigenvalue weighted by atomic mass is 10.3. The van der Waals surface area contributed by atoms with Gasteiger partial charge in [0.1, 0.15) is 6.61 Å². The van der Waals surface area contributed by atoms with Crippen molar-refractivity contribution in [2.24, 2.45) is 0 Å². The largest absolute Gasteiger partial charge is 0.481 e. The van der Waals surface area contributed by atoms with Crippen LogP contribution < -0.4 is 5.32 Å². The maximum Gasteiger partial charge on any atom is 0.305 e. The highest BCUT2D eigenvalue weighted by molar-refractivity contribution is 5.69. The number of hydrogen-bond donors (Lipinski definition) is 2. The molecule has 0 aliphatic heterocycles. The molecule has 0 aromatic carbocycles. The minimum atomic E-state index is -0.833. The van der Waals surface area contributed by atoms with Gasteiger partial charge in [-0.2, -0.15) is 0 Å². The normalized spacial score (nSPS) is 7.76. The van der Waals surface area contributed by atoms with E-state index >= 15 is 0 Å². The van der Waals surface area contributed by atoms with Crippen LogP contribution in [0.5, 0.6) is 0 Å². The van der Waals surface area contributed by atoms with E-state index in [1.807, 2.05) is 41.5 Å². The van der Waals surface area contributed by atoms with Crippen molar-refractivity contribution in [1.29, 1.82) is 0 Å². The molecule has 0 aliphatic carbocycles. The minimum absolute atomic E-state index is 0.111. The fourth-order valence-corrected chi connectivity index (χ4v) is 0.815. The zero-order valence-electron chi connectivity index (χ0n) is 14.9. The molecule has 2 N–H and O–H groups in total. The van der Waals surface area contributed by atoms with Gasteiger partial charge in [-0.15, -0.1) is 0 Å². The summed E-state index contributed by atoms with van der Waals surface area (Å²) in [5, 5.41) is 10.5. The zero-order valence-corrected chi connectivity index (χ0v) is 14.9. The highest BCUT2D eigenvalue weighted by Crippen LogP contribution is 1.90. The van der Waals surface area contributed by atoms with Crippen molar-refractivity contribution >= 4 is 11.9 Å². The van der Waals surface area contributed by atoms with Crippen molar-refractivity contribution in [2.45, 2.75) is 61.3 Å². The van der Waals surface area contributed by atoms with Gasteiger partial charge in [-0.25, -0.2) is 0 Å². The molecule has 0 fully saturated rings. The summed E-state index contributed by atoms with van der Waals surface area (Å²) in [7, 11) is 0. The molecule has 0 aliphatic rings. The molecule has 0 heterocycles. The Morgan fingerprint density at radius 1 is 1.14 bits per heavy atom. The van der Waals surface area contributed by atoms with Crippen LogP contribution in [0.3, 0.4) is 0 Å². The Bertz CT molecular complexity index is 236. The molecule has 0 aromatic heterocycles. The van der Waals surface area contributed by atoms with Crippen molar-refractivity contribution < 1.29 is 19.4 Å². The highest BCUT2D eigenvalue weighted by atomic mass is 16.5. The van der Waals surface area contributed by atoms with Crippen LogP contribution >= 0.6 is 0 Å². The first-order valence-corrected chi connectivity index (χ1v) is 7.60. The van der Waals surface area contributed by atoms with Gasteiger partial charge in [0.25, 0.3) is 5.97 Å². The first-order valence-electron chi connectivity index (χ1n) is 7.60. The Morgan fingerprint density at radius 2 is 1.57 bits per heavy atom. The van der Waals surface area contributed by atoms with Crippen molar-refractivity contribution in [2.75, 3.05) is 19.7 Å². The molecule has 0 bridgehead atoms.